The highest BCUT2D eigenvalue weighted by molar-refractivity contribution is 5.54. The van der Waals surface area contributed by atoms with Crippen LogP contribution in [0.5, 0.6) is 0 Å². The lowest BCUT2D eigenvalue weighted by atomic mass is 10.4. The molecule has 0 radical (unpaired) electrons. The van der Waals surface area contributed by atoms with Crippen molar-refractivity contribution in [1.29, 1.82) is 0 Å². The number of hydrogen-bond acceptors (Lipinski definition) is 5. The number of nitro groups is 1. The second kappa shape index (κ2) is 6.95. The first-order valence-corrected chi connectivity index (χ1v) is 6.11. The molecule has 1 aromatic heterocycles. The fourth-order valence-corrected chi connectivity index (χ4v) is 1.43. The summed E-state index contributed by atoms with van der Waals surface area (Å²) in [6, 6.07) is 0.0997. The van der Waals surface area contributed by atoms with Crippen LogP contribution in [0.25, 0.3) is 0 Å². The molecule has 1 rings (SSSR count). The number of hydrogen-bond donors (Lipinski definition) is 1. The Balaban J connectivity index is 2.60. The summed E-state index contributed by atoms with van der Waals surface area (Å²) in [5.74, 6) is 0.324. The van der Waals surface area contributed by atoms with Crippen LogP contribution in [0, 0.1) is 10.1 Å². The molecule has 1 heterocycles. The summed E-state index contributed by atoms with van der Waals surface area (Å²) < 4.78 is 6.78. The third kappa shape index (κ3) is 3.99. The molecule has 0 bridgehead atoms. The molecular formula is C11H20N4O3. The van der Waals surface area contributed by atoms with E-state index in [0.717, 1.165) is 6.42 Å². The summed E-state index contributed by atoms with van der Waals surface area (Å²) in [6.45, 7) is 7.72. The minimum atomic E-state index is -0.420. The predicted octanol–water partition coefficient (Wildman–Crippen LogP) is 2.21. The van der Waals surface area contributed by atoms with Gasteiger partial charge < -0.3 is 10.1 Å². The highest BCUT2D eigenvalue weighted by atomic mass is 16.6. The maximum absolute atomic E-state index is 10.9. The SMILES string of the molecule is CCOCCCNc1nn(C(C)C)cc1[N+](=O)[O-]. The van der Waals surface area contributed by atoms with Gasteiger partial charge in [0.05, 0.1) is 4.92 Å². The lowest BCUT2D eigenvalue weighted by Crippen LogP contribution is -2.08. The van der Waals surface area contributed by atoms with Gasteiger partial charge in [0.15, 0.2) is 0 Å². The Bertz CT molecular complexity index is 390. The zero-order valence-electron chi connectivity index (χ0n) is 11.0. The van der Waals surface area contributed by atoms with E-state index in [4.69, 9.17) is 4.74 Å². The fourth-order valence-electron chi connectivity index (χ4n) is 1.43. The van der Waals surface area contributed by atoms with Gasteiger partial charge in [-0.3, -0.25) is 14.8 Å². The van der Waals surface area contributed by atoms with Crippen molar-refractivity contribution in [1.82, 2.24) is 9.78 Å². The van der Waals surface area contributed by atoms with Gasteiger partial charge in [-0.2, -0.15) is 0 Å². The highest BCUT2D eigenvalue weighted by Crippen LogP contribution is 2.23. The average Bonchev–Trinajstić information content (AvgIpc) is 2.73. The Morgan fingerprint density at radius 2 is 2.33 bits per heavy atom. The molecule has 102 valence electrons. The number of anilines is 1. The van der Waals surface area contributed by atoms with Gasteiger partial charge in [-0.1, -0.05) is 0 Å². The van der Waals surface area contributed by atoms with Gasteiger partial charge in [0.25, 0.3) is 0 Å². The number of ether oxygens (including phenoxy) is 1. The van der Waals surface area contributed by atoms with E-state index in [9.17, 15) is 10.1 Å². The molecule has 0 aromatic carbocycles. The molecule has 0 saturated heterocycles. The van der Waals surface area contributed by atoms with Gasteiger partial charge in [-0.25, -0.2) is 0 Å². The normalized spacial score (nSPS) is 10.9. The zero-order chi connectivity index (χ0) is 13.5. The molecule has 0 amide bonds. The number of rotatable bonds is 8. The van der Waals surface area contributed by atoms with Crippen LogP contribution >= 0.6 is 0 Å². The molecule has 0 fully saturated rings. The van der Waals surface area contributed by atoms with Crippen molar-refractivity contribution in [2.75, 3.05) is 25.1 Å². The van der Waals surface area contributed by atoms with E-state index < -0.39 is 4.92 Å². The van der Waals surface area contributed by atoms with E-state index in [1.165, 1.54) is 6.20 Å². The monoisotopic (exact) mass is 256 g/mol. The molecule has 7 nitrogen and oxygen atoms in total. The molecule has 1 N–H and O–H groups in total. The van der Waals surface area contributed by atoms with Gasteiger partial charge in [0.2, 0.25) is 5.82 Å². The van der Waals surface area contributed by atoms with Crippen molar-refractivity contribution in [2.45, 2.75) is 33.2 Å². The van der Waals surface area contributed by atoms with Crippen LogP contribution in [0.2, 0.25) is 0 Å². The minimum absolute atomic E-state index is 0.0140. The Kier molecular flexibility index (Phi) is 5.57. The predicted molar refractivity (Wildman–Crippen MR) is 68.9 cm³/mol. The van der Waals surface area contributed by atoms with Gasteiger partial charge >= 0.3 is 5.69 Å². The minimum Gasteiger partial charge on any atom is -0.382 e. The van der Waals surface area contributed by atoms with Crippen LogP contribution in [-0.4, -0.2) is 34.5 Å². The first kappa shape index (κ1) is 14.4. The third-order valence-corrected chi connectivity index (χ3v) is 2.40. The zero-order valence-corrected chi connectivity index (χ0v) is 11.0. The van der Waals surface area contributed by atoms with Gasteiger partial charge in [-0.15, -0.1) is 5.10 Å². The summed E-state index contributed by atoms with van der Waals surface area (Å²) in [5.41, 5.74) is 0.0140. The van der Waals surface area contributed by atoms with Crippen LogP contribution in [0.3, 0.4) is 0 Å². The first-order valence-electron chi connectivity index (χ1n) is 6.11. The largest absolute Gasteiger partial charge is 0.382 e. The van der Waals surface area contributed by atoms with Crippen LogP contribution < -0.4 is 5.32 Å². The van der Waals surface area contributed by atoms with Crippen molar-refractivity contribution >= 4 is 11.5 Å². The molecule has 0 aliphatic rings. The van der Waals surface area contributed by atoms with Crippen molar-refractivity contribution in [2.24, 2.45) is 0 Å². The number of nitrogens with one attached hydrogen (secondary N) is 1. The van der Waals surface area contributed by atoms with E-state index in [1.807, 2.05) is 20.8 Å². The number of nitrogens with zero attached hydrogens (tertiary/aromatic N) is 3. The van der Waals surface area contributed by atoms with E-state index in [1.54, 1.807) is 4.68 Å². The van der Waals surface area contributed by atoms with Crippen LogP contribution in [0.1, 0.15) is 33.2 Å². The van der Waals surface area contributed by atoms with E-state index >= 15 is 0 Å². The topological polar surface area (TPSA) is 82.2 Å². The highest BCUT2D eigenvalue weighted by Gasteiger charge is 2.19. The molecule has 7 heteroatoms. The Morgan fingerprint density at radius 1 is 1.61 bits per heavy atom. The molecule has 0 spiro atoms. The quantitative estimate of drug-likeness (QED) is 0.438. The molecule has 0 aliphatic carbocycles. The molecule has 1 aromatic rings. The third-order valence-electron chi connectivity index (χ3n) is 2.40. The van der Waals surface area contributed by atoms with E-state index in [0.29, 0.717) is 25.6 Å². The Morgan fingerprint density at radius 3 is 2.89 bits per heavy atom. The van der Waals surface area contributed by atoms with Crippen LogP contribution in [0.4, 0.5) is 11.5 Å². The first-order chi connectivity index (χ1) is 8.56. The lowest BCUT2D eigenvalue weighted by Gasteiger charge is -2.04. The van der Waals surface area contributed by atoms with Crippen LogP contribution in [0.15, 0.2) is 6.20 Å². The van der Waals surface area contributed by atoms with Crippen molar-refractivity contribution in [3.05, 3.63) is 16.3 Å². The summed E-state index contributed by atoms with van der Waals surface area (Å²) in [7, 11) is 0. The summed E-state index contributed by atoms with van der Waals surface area (Å²) in [5, 5.41) is 18.0. The van der Waals surface area contributed by atoms with E-state index in [2.05, 4.69) is 10.4 Å². The van der Waals surface area contributed by atoms with Gasteiger partial charge in [0.1, 0.15) is 6.20 Å². The Labute approximate surface area is 106 Å². The lowest BCUT2D eigenvalue weighted by molar-refractivity contribution is -0.384. The molecule has 0 saturated carbocycles. The van der Waals surface area contributed by atoms with Gasteiger partial charge in [0, 0.05) is 25.8 Å². The van der Waals surface area contributed by atoms with Crippen LogP contribution in [-0.2, 0) is 4.74 Å². The smallest absolute Gasteiger partial charge is 0.330 e. The standard InChI is InChI=1S/C11H20N4O3/c1-4-18-7-5-6-12-11-10(15(16)17)8-14(13-11)9(2)3/h8-9H,4-7H2,1-3H3,(H,12,13). The molecule has 0 aliphatic heterocycles. The van der Waals surface area contributed by atoms with Crippen molar-refractivity contribution < 1.29 is 9.66 Å². The fraction of sp³-hybridized carbons (Fsp3) is 0.727. The molecule has 18 heavy (non-hydrogen) atoms. The average molecular weight is 256 g/mol. The molecule has 0 unspecified atom stereocenters. The summed E-state index contributed by atoms with van der Waals surface area (Å²) in [4.78, 5) is 10.5. The maximum Gasteiger partial charge on any atom is 0.330 e. The molecule has 0 atom stereocenters. The second-order valence-corrected chi connectivity index (χ2v) is 4.17. The number of aromatic nitrogens is 2. The van der Waals surface area contributed by atoms with Crippen molar-refractivity contribution in [3.63, 3.8) is 0 Å². The molecular weight excluding hydrogens is 236 g/mol. The van der Waals surface area contributed by atoms with Gasteiger partial charge in [-0.05, 0) is 27.2 Å². The van der Waals surface area contributed by atoms with E-state index in [-0.39, 0.29) is 11.7 Å². The summed E-state index contributed by atoms with van der Waals surface area (Å²) >= 11 is 0. The second-order valence-electron chi connectivity index (χ2n) is 4.17. The van der Waals surface area contributed by atoms with Crippen molar-refractivity contribution in [3.8, 4) is 0 Å². The summed E-state index contributed by atoms with van der Waals surface area (Å²) in [6.07, 6.45) is 2.25. The maximum atomic E-state index is 10.9. The Hall–Kier alpha value is -1.63.